The van der Waals surface area contributed by atoms with Gasteiger partial charge in [-0.3, -0.25) is 4.99 Å². The largest absolute Gasteiger partial charge is 0.491 e. The Balaban J connectivity index is 2.59. The lowest BCUT2D eigenvalue weighted by molar-refractivity contribution is 0.110. The van der Waals surface area contributed by atoms with Crippen LogP contribution in [-0.2, 0) is 21.1 Å². The van der Waals surface area contributed by atoms with Gasteiger partial charge in [0.15, 0.2) is 5.96 Å². The third-order valence-electron chi connectivity index (χ3n) is 3.35. The highest BCUT2D eigenvalue weighted by atomic mass is 32.2. The van der Waals surface area contributed by atoms with Crippen LogP contribution in [0.3, 0.4) is 0 Å². The van der Waals surface area contributed by atoms with Gasteiger partial charge in [-0.15, -0.1) is 0 Å². The first-order chi connectivity index (χ1) is 11.9. The number of sulfone groups is 1. The maximum atomic E-state index is 11.2. The van der Waals surface area contributed by atoms with Crippen molar-refractivity contribution < 1.29 is 17.9 Å². The van der Waals surface area contributed by atoms with Crippen molar-refractivity contribution in [1.29, 1.82) is 0 Å². The van der Waals surface area contributed by atoms with E-state index >= 15 is 0 Å². The molecule has 0 heterocycles. The molecule has 25 heavy (non-hydrogen) atoms. The third kappa shape index (κ3) is 9.31. The second-order valence-corrected chi connectivity index (χ2v) is 7.90. The fourth-order valence-corrected chi connectivity index (χ4v) is 2.52. The summed E-state index contributed by atoms with van der Waals surface area (Å²) in [5.41, 5.74) is 2.11. The molecule has 0 aromatic heterocycles. The van der Waals surface area contributed by atoms with Crippen molar-refractivity contribution in [3.05, 3.63) is 29.3 Å². The standard InChI is InChI=1S/C17H29N3O4S/c1-5-23-9-10-24-16-12-14(2)6-7-15(16)13-20-17(18-3)19-8-11-25(4,21)22/h6-7,12H,5,8-11,13H2,1-4H3,(H2,18,19,20). The van der Waals surface area contributed by atoms with Crippen LogP contribution in [0.4, 0.5) is 0 Å². The molecule has 7 nitrogen and oxygen atoms in total. The highest BCUT2D eigenvalue weighted by Gasteiger charge is 2.07. The maximum Gasteiger partial charge on any atom is 0.191 e. The van der Waals surface area contributed by atoms with E-state index in [1.54, 1.807) is 7.05 Å². The van der Waals surface area contributed by atoms with Crippen LogP contribution < -0.4 is 15.4 Å². The van der Waals surface area contributed by atoms with Crippen LogP contribution in [0, 0.1) is 6.92 Å². The number of benzene rings is 1. The summed E-state index contributed by atoms with van der Waals surface area (Å²) in [5.74, 6) is 1.41. The van der Waals surface area contributed by atoms with Gasteiger partial charge in [0.1, 0.15) is 22.2 Å². The molecule has 1 aromatic carbocycles. The molecule has 0 spiro atoms. The lowest BCUT2D eigenvalue weighted by atomic mass is 10.1. The van der Waals surface area contributed by atoms with Crippen LogP contribution in [0.15, 0.2) is 23.2 Å². The second kappa shape index (κ2) is 10.9. The zero-order valence-corrected chi connectivity index (χ0v) is 16.3. The molecule has 0 saturated carbocycles. The monoisotopic (exact) mass is 371 g/mol. The Morgan fingerprint density at radius 2 is 2.00 bits per heavy atom. The van der Waals surface area contributed by atoms with Crippen LogP contribution in [0.2, 0.25) is 0 Å². The van der Waals surface area contributed by atoms with E-state index in [1.165, 1.54) is 6.26 Å². The number of ether oxygens (including phenoxy) is 2. The van der Waals surface area contributed by atoms with Crippen molar-refractivity contribution >= 4 is 15.8 Å². The van der Waals surface area contributed by atoms with E-state index < -0.39 is 9.84 Å². The van der Waals surface area contributed by atoms with Gasteiger partial charge in [0, 0.05) is 38.6 Å². The first-order valence-corrected chi connectivity index (χ1v) is 10.3. The Kier molecular flexibility index (Phi) is 9.30. The first kappa shape index (κ1) is 21.2. The first-order valence-electron chi connectivity index (χ1n) is 8.28. The molecule has 142 valence electrons. The normalized spacial score (nSPS) is 12.1. The Morgan fingerprint density at radius 3 is 2.64 bits per heavy atom. The molecule has 8 heteroatoms. The van der Waals surface area contributed by atoms with E-state index in [0.29, 0.717) is 38.9 Å². The predicted octanol–water partition coefficient (Wildman–Crippen LogP) is 1.12. The predicted molar refractivity (Wildman–Crippen MR) is 101 cm³/mol. The number of rotatable bonds is 10. The minimum atomic E-state index is -3.00. The Bertz CT molecular complexity index is 660. The van der Waals surface area contributed by atoms with Crippen molar-refractivity contribution in [1.82, 2.24) is 10.6 Å². The van der Waals surface area contributed by atoms with Gasteiger partial charge >= 0.3 is 0 Å². The van der Waals surface area contributed by atoms with Crippen molar-refractivity contribution in [2.75, 3.05) is 45.4 Å². The molecule has 2 N–H and O–H groups in total. The zero-order valence-electron chi connectivity index (χ0n) is 15.5. The summed E-state index contributed by atoms with van der Waals surface area (Å²) >= 11 is 0. The molecule has 1 rings (SSSR count). The molecule has 0 fully saturated rings. The summed E-state index contributed by atoms with van der Waals surface area (Å²) < 4.78 is 33.5. The van der Waals surface area contributed by atoms with Gasteiger partial charge in [-0.2, -0.15) is 0 Å². The van der Waals surface area contributed by atoms with Gasteiger partial charge in [0.25, 0.3) is 0 Å². The summed E-state index contributed by atoms with van der Waals surface area (Å²) in [5, 5.41) is 6.15. The quantitative estimate of drug-likeness (QED) is 0.364. The zero-order chi connectivity index (χ0) is 18.7. The lowest BCUT2D eigenvalue weighted by Crippen LogP contribution is -2.39. The molecule has 0 amide bonds. The third-order valence-corrected chi connectivity index (χ3v) is 4.29. The Labute approximate surface area is 150 Å². The van der Waals surface area contributed by atoms with Crippen molar-refractivity contribution in [2.24, 2.45) is 4.99 Å². The van der Waals surface area contributed by atoms with Crippen LogP contribution in [0.1, 0.15) is 18.1 Å². The molecule has 0 atom stereocenters. The molecule has 0 bridgehead atoms. The Morgan fingerprint density at radius 1 is 1.24 bits per heavy atom. The molecule has 0 radical (unpaired) electrons. The van der Waals surface area contributed by atoms with E-state index in [4.69, 9.17) is 9.47 Å². The number of nitrogens with zero attached hydrogens (tertiary/aromatic N) is 1. The summed E-state index contributed by atoms with van der Waals surface area (Å²) in [6.07, 6.45) is 1.21. The SMILES string of the molecule is CCOCCOc1cc(C)ccc1CNC(=NC)NCCS(C)(=O)=O. The van der Waals surface area contributed by atoms with Gasteiger partial charge in [-0.05, 0) is 25.5 Å². The van der Waals surface area contributed by atoms with Gasteiger partial charge in [0.05, 0.1) is 12.4 Å². The molecular formula is C17H29N3O4S. The summed E-state index contributed by atoms with van der Waals surface area (Å²) in [4.78, 5) is 4.10. The minimum Gasteiger partial charge on any atom is -0.491 e. The fraction of sp³-hybridized carbons (Fsp3) is 0.588. The smallest absolute Gasteiger partial charge is 0.191 e. The summed E-state index contributed by atoms with van der Waals surface area (Å²) in [6, 6.07) is 6.01. The number of hydrogen-bond donors (Lipinski definition) is 2. The minimum absolute atomic E-state index is 0.0595. The highest BCUT2D eigenvalue weighted by molar-refractivity contribution is 7.90. The van der Waals surface area contributed by atoms with Crippen LogP contribution in [-0.4, -0.2) is 59.8 Å². The molecule has 0 unspecified atom stereocenters. The van der Waals surface area contributed by atoms with Gasteiger partial charge in [-0.25, -0.2) is 8.42 Å². The van der Waals surface area contributed by atoms with Crippen LogP contribution >= 0.6 is 0 Å². The summed E-state index contributed by atoms with van der Waals surface area (Å²) in [7, 11) is -1.36. The van der Waals surface area contributed by atoms with Gasteiger partial charge in [0.2, 0.25) is 0 Å². The van der Waals surface area contributed by atoms with Crippen LogP contribution in [0.5, 0.6) is 5.75 Å². The molecule has 0 aliphatic heterocycles. The van der Waals surface area contributed by atoms with E-state index in [2.05, 4.69) is 15.6 Å². The van der Waals surface area contributed by atoms with Gasteiger partial charge in [-0.1, -0.05) is 12.1 Å². The van der Waals surface area contributed by atoms with Gasteiger partial charge < -0.3 is 20.1 Å². The van der Waals surface area contributed by atoms with E-state index in [-0.39, 0.29) is 5.75 Å². The molecule has 0 aliphatic carbocycles. The average Bonchev–Trinajstić information content (AvgIpc) is 2.55. The topological polar surface area (TPSA) is 89.0 Å². The molecule has 0 aliphatic rings. The number of aryl methyl sites for hydroxylation is 1. The average molecular weight is 372 g/mol. The maximum absolute atomic E-state index is 11.2. The van der Waals surface area contributed by atoms with Crippen LogP contribution in [0.25, 0.3) is 0 Å². The highest BCUT2D eigenvalue weighted by Crippen LogP contribution is 2.20. The molecule has 1 aromatic rings. The van der Waals surface area contributed by atoms with Crippen molar-refractivity contribution in [3.63, 3.8) is 0 Å². The number of nitrogens with one attached hydrogen (secondary N) is 2. The lowest BCUT2D eigenvalue weighted by Gasteiger charge is -2.15. The Hall–Kier alpha value is -1.80. The number of aliphatic imine (C=N–C) groups is 1. The van der Waals surface area contributed by atoms with Crippen molar-refractivity contribution in [2.45, 2.75) is 20.4 Å². The van der Waals surface area contributed by atoms with E-state index in [9.17, 15) is 8.42 Å². The molecular weight excluding hydrogens is 342 g/mol. The fourth-order valence-electron chi connectivity index (χ4n) is 2.05. The summed E-state index contributed by atoms with van der Waals surface area (Å²) in [6.45, 7) is 6.49. The molecule has 0 saturated heterocycles. The number of guanidine groups is 1. The number of hydrogen-bond acceptors (Lipinski definition) is 5. The second-order valence-electron chi connectivity index (χ2n) is 5.64. The van der Waals surface area contributed by atoms with E-state index in [0.717, 1.165) is 16.9 Å². The van der Waals surface area contributed by atoms with E-state index in [1.807, 2.05) is 32.0 Å². The van der Waals surface area contributed by atoms with Crippen molar-refractivity contribution in [3.8, 4) is 5.75 Å².